The van der Waals surface area contributed by atoms with Gasteiger partial charge in [0.15, 0.2) is 0 Å². The molecule has 0 aliphatic heterocycles. The average molecular weight is 240 g/mol. The van der Waals surface area contributed by atoms with Crippen LogP contribution >= 0.6 is 12.6 Å². The van der Waals surface area contributed by atoms with Crippen LogP contribution in [0.1, 0.15) is 74.7 Å². The highest BCUT2D eigenvalue weighted by Crippen LogP contribution is 1.76. The van der Waals surface area contributed by atoms with E-state index in [0.717, 1.165) is 0 Å². The molecule has 0 aromatic rings. The van der Waals surface area contributed by atoms with E-state index in [1.54, 1.807) is 6.26 Å². The molecule has 0 rings (SSSR count). The lowest BCUT2D eigenvalue weighted by molar-refractivity contribution is 0.834. The van der Waals surface area contributed by atoms with Crippen LogP contribution in [-0.4, -0.2) is 12.3 Å². The van der Waals surface area contributed by atoms with Crippen LogP contribution < -0.4 is 5.73 Å². The molecule has 0 fully saturated rings. The summed E-state index contributed by atoms with van der Waals surface area (Å²) in [5.74, 6) is 0. The first-order chi connectivity index (χ1) is 7.06. The molecule has 0 bridgehead atoms. The fourth-order valence-corrected chi connectivity index (χ4v) is 0. The standard InChI is InChI=1S/C4H10.C3H9N.C3H8.C2H6.CH4S/c1-3-4-2;1-3(2)4;1-3-2;2*1-2/h3-4H2,1-2H3;3H,4H2,1-2H3;3H2,1-2H3;1-2H3;2H,1H3. The van der Waals surface area contributed by atoms with Crippen LogP contribution in [0.4, 0.5) is 0 Å². The summed E-state index contributed by atoms with van der Waals surface area (Å²) < 4.78 is 0. The molecule has 0 spiro atoms. The van der Waals surface area contributed by atoms with E-state index in [2.05, 4.69) is 40.3 Å². The molecule has 0 aromatic carbocycles. The highest BCUT2D eigenvalue weighted by Gasteiger charge is 1.67. The summed E-state index contributed by atoms with van der Waals surface area (Å²) in [5.41, 5.74) is 5.11. The van der Waals surface area contributed by atoms with Crippen molar-refractivity contribution >= 4 is 12.6 Å². The molecular formula is C13H37NS. The number of unbranched alkanes of at least 4 members (excludes halogenated alkanes) is 1. The van der Waals surface area contributed by atoms with E-state index in [-0.39, 0.29) is 0 Å². The van der Waals surface area contributed by atoms with E-state index >= 15 is 0 Å². The van der Waals surface area contributed by atoms with Gasteiger partial charge in [0.2, 0.25) is 0 Å². The highest BCUT2D eigenvalue weighted by atomic mass is 32.1. The molecule has 0 saturated heterocycles. The predicted octanol–water partition coefficient (Wildman–Crippen LogP) is 5.15. The molecule has 2 heteroatoms. The fraction of sp³-hybridized carbons (Fsp3) is 1.00. The second-order valence-electron chi connectivity index (χ2n) is 2.95. The summed E-state index contributed by atoms with van der Waals surface area (Å²) in [4.78, 5) is 0. The van der Waals surface area contributed by atoms with Crippen LogP contribution in [0, 0.1) is 0 Å². The third kappa shape index (κ3) is 1260. The number of hydrogen-bond donors (Lipinski definition) is 2. The minimum atomic E-state index is 0.333. The Bertz CT molecular complexity index is 34.8. The van der Waals surface area contributed by atoms with Gasteiger partial charge < -0.3 is 5.73 Å². The van der Waals surface area contributed by atoms with Crippen LogP contribution in [0.2, 0.25) is 0 Å². The quantitative estimate of drug-likeness (QED) is 0.608. The SMILES string of the molecule is CC.CC(C)N.CCC.CCCC.CS. The maximum absolute atomic E-state index is 5.11. The van der Waals surface area contributed by atoms with Gasteiger partial charge in [-0.3, -0.25) is 0 Å². The van der Waals surface area contributed by atoms with Gasteiger partial charge in [-0.25, -0.2) is 0 Å². The van der Waals surface area contributed by atoms with Gasteiger partial charge in [-0.15, -0.1) is 0 Å². The zero-order valence-corrected chi connectivity index (χ0v) is 13.6. The second-order valence-corrected chi connectivity index (χ2v) is 2.95. The summed E-state index contributed by atoms with van der Waals surface area (Å²) in [6.07, 6.45) is 5.58. The van der Waals surface area contributed by atoms with Crippen molar-refractivity contribution in [1.82, 2.24) is 0 Å². The first-order valence-electron chi connectivity index (χ1n) is 6.26. The maximum atomic E-state index is 5.11. The minimum Gasteiger partial charge on any atom is -0.328 e. The van der Waals surface area contributed by atoms with Crippen molar-refractivity contribution < 1.29 is 0 Å². The molecule has 0 radical (unpaired) electrons. The van der Waals surface area contributed by atoms with E-state index < -0.39 is 0 Å². The molecule has 0 aliphatic carbocycles. The van der Waals surface area contributed by atoms with Gasteiger partial charge in [0.1, 0.15) is 0 Å². The molecule has 1 nitrogen and oxygen atoms in total. The molecule has 0 heterocycles. The predicted molar refractivity (Wildman–Crippen MR) is 82.1 cm³/mol. The maximum Gasteiger partial charge on any atom is -0.00179 e. The number of thiol groups is 1. The van der Waals surface area contributed by atoms with Crippen LogP contribution in [0.15, 0.2) is 0 Å². The van der Waals surface area contributed by atoms with E-state index in [0.29, 0.717) is 6.04 Å². The number of rotatable bonds is 1. The summed E-state index contributed by atoms with van der Waals surface area (Å²) >= 11 is 3.53. The zero-order chi connectivity index (χ0) is 13.7. The normalized spacial score (nSPS) is 6.40. The Balaban J connectivity index is -0.0000000289. The highest BCUT2D eigenvalue weighted by molar-refractivity contribution is 7.79. The van der Waals surface area contributed by atoms with Crippen molar-refractivity contribution in [1.29, 1.82) is 0 Å². The molecule has 100 valence electrons. The molecule has 0 amide bonds. The Hall–Kier alpha value is 0.310. The van der Waals surface area contributed by atoms with Crippen molar-refractivity contribution in [3.8, 4) is 0 Å². The largest absolute Gasteiger partial charge is 0.328 e. The average Bonchev–Trinajstić information content (AvgIpc) is 2.24. The van der Waals surface area contributed by atoms with Crippen LogP contribution in [0.5, 0.6) is 0 Å². The van der Waals surface area contributed by atoms with Gasteiger partial charge >= 0.3 is 0 Å². The molecule has 0 aromatic heterocycles. The Morgan fingerprint density at radius 2 is 0.933 bits per heavy atom. The van der Waals surface area contributed by atoms with Crippen LogP contribution in [-0.2, 0) is 0 Å². The lowest BCUT2D eigenvalue weighted by atomic mass is 10.4. The van der Waals surface area contributed by atoms with Crippen LogP contribution in [0.25, 0.3) is 0 Å². The lowest BCUT2D eigenvalue weighted by Gasteiger charge is -1.81. The topological polar surface area (TPSA) is 26.0 Å². The Morgan fingerprint density at radius 3 is 0.933 bits per heavy atom. The Kier molecular flexibility index (Phi) is 125. The van der Waals surface area contributed by atoms with Gasteiger partial charge in [-0.1, -0.05) is 74.7 Å². The monoisotopic (exact) mass is 239 g/mol. The van der Waals surface area contributed by atoms with Crippen molar-refractivity contribution in [2.24, 2.45) is 5.73 Å². The first kappa shape index (κ1) is 29.5. The number of nitrogens with two attached hydrogens (primary N) is 1. The van der Waals surface area contributed by atoms with Gasteiger partial charge in [0.05, 0.1) is 0 Å². The molecule has 15 heavy (non-hydrogen) atoms. The van der Waals surface area contributed by atoms with Gasteiger partial charge in [-0.2, -0.15) is 12.6 Å². The summed E-state index contributed by atoms with van der Waals surface area (Å²) in [5, 5.41) is 0. The summed E-state index contributed by atoms with van der Waals surface area (Å²) in [6, 6.07) is 0.333. The molecule has 2 N–H and O–H groups in total. The van der Waals surface area contributed by atoms with Crippen molar-refractivity contribution in [2.75, 3.05) is 6.26 Å². The fourth-order valence-electron chi connectivity index (χ4n) is 0. The minimum absolute atomic E-state index is 0.333. The van der Waals surface area contributed by atoms with E-state index in [1.165, 1.54) is 19.3 Å². The smallest absolute Gasteiger partial charge is 0.00179 e. The molecule has 0 unspecified atom stereocenters. The van der Waals surface area contributed by atoms with Gasteiger partial charge in [0.25, 0.3) is 0 Å². The van der Waals surface area contributed by atoms with Crippen molar-refractivity contribution in [3.63, 3.8) is 0 Å². The Labute approximate surface area is 106 Å². The summed E-state index contributed by atoms with van der Waals surface area (Å²) in [7, 11) is 0. The van der Waals surface area contributed by atoms with Crippen molar-refractivity contribution in [3.05, 3.63) is 0 Å². The van der Waals surface area contributed by atoms with E-state index in [4.69, 9.17) is 5.73 Å². The van der Waals surface area contributed by atoms with E-state index in [1.807, 2.05) is 27.7 Å². The van der Waals surface area contributed by atoms with E-state index in [9.17, 15) is 0 Å². The third-order valence-corrected chi connectivity index (χ3v) is 0.500. The zero-order valence-electron chi connectivity index (χ0n) is 12.7. The lowest BCUT2D eigenvalue weighted by Crippen LogP contribution is -2.06. The first-order valence-corrected chi connectivity index (χ1v) is 7.16. The Morgan fingerprint density at radius 1 is 0.867 bits per heavy atom. The van der Waals surface area contributed by atoms with Crippen LogP contribution in [0.3, 0.4) is 0 Å². The molecule has 0 aliphatic rings. The molecule has 0 atom stereocenters. The van der Waals surface area contributed by atoms with Gasteiger partial charge in [0, 0.05) is 0 Å². The molecule has 0 saturated carbocycles. The second kappa shape index (κ2) is 63.7. The number of hydrogen-bond acceptors (Lipinski definition) is 2. The van der Waals surface area contributed by atoms with Gasteiger partial charge in [-0.05, 0) is 12.3 Å². The third-order valence-electron chi connectivity index (χ3n) is 0.500. The molecular weight excluding hydrogens is 202 g/mol. The van der Waals surface area contributed by atoms with Crippen molar-refractivity contribution in [2.45, 2.75) is 80.7 Å². The summed E-state index contributed by atoms with van der Waals surface area (Å²) in [6.45, 7) is 16.5.